The predicted molar refractivity (Wildman–Crippen MR) is 81.0 cm³/mol. The highest BCUT2D eigenvalue weighted by molar-refractivity contribution is 7.78. The number of carbonyl (C=O) groups excluding carboxylic acids is 1. The molecule has 0 fully saturated rings. The SMILES string of the molecule is O=C(c1ccccc1Cl)c1cc(Cl)ccc1N=C=S. The van der Waals surface area contributed by atoms with E-state index in [2.05, 4.69) is 22.4 Å². The van der Waals surface area contributed by atoms with E-state index in [-0.39, 0.29) is 5.78 Å². The molecule has 2 aromatic carbocycles. The van der Waals surface area contributed by atoms with Crippen molar-refractivity contribution in [1.82, 2.24) is 0 Å². The molecule has 0 amide bonds. The number of nitrogens with zero attached hydrogens (tertiary/aromatic N) is 1. The first-order chi connectivity index (χ1) is 9.13. The highest BCUT2D eigenvalue weighted by Gasteiger charge is 2.16. The van der Waals surface area contributed by atoms with Crippen LogP contribution in [0.1, 0.15) is 15.9 Å². The number of hydrogen-bond acceptors (Lipinski definition) is 3. The Kier molecular flexibility index (Phi) is 4.46. The highest BCUT2D eigenvalue weighted by atomic mass is 35.5. The summed E-state index contributed by atoms with van der Waals surface area (Å²) in [5.74, 6) is -0.253. The van der Waals surface area contributed by atoms with Crippen molar-refractivity contribution in [2.24, 2.45) is 4.99 Å². The maximum Gasteiger partial charge on any atom is 0.196 e. The molecule has 0 N–H and O–H groups in total. The second-order valence-electron chi connectivity index (χ2n) is 3.67. The molecule has 0 aromatic heterocycles. The van der Waals surface area contributed by atoms with Crippen LogP contribution < -0.4 is 0 Å². The largest absolute Gasteiger partial charge is 0.288 e. The average molecular weight is 308 g/mol. The molecule has 19 heavy (non-hydrogen) atoms. The van der Waals surface area contributed by atoms with E-state index in [1.807, 2.05) is 0 Å². The number of benzene rings is 2. The maximum absolute atomic E-state index is 12.5. The summed E-state index contributed by atoms with van der Waals surface area (Å²) >= 11 is 16.5. The fourth-order valence-corrected chi connectivity index (χ4v) is 2.12. The first-order valence-electron chi connectivity index (χ1n) is 5.30. The Morgan fingerprint density at radius 1 is 1.11 bits per heavy atom. The molecular weight excluding hydrogens is 301 g/mol. The fourth-order valence-electron chi connectivity index (χ4n) is 1.63. The van der Waals surface area contributed by atoms with Gasteiger partial charge in [-0.2, -0.15) is 4.99 Å². The summed E-state index contributed by atoms with van der Waals surface area (Å²) in [7, 11) is 0. The second kappa shape index (κ2) is 6.09. The van der Waals surface area contributed by atoms with E-state index in [0.717, 1.165) is 0 Å². The molecule has 0 radical (unpaired) electrons. The van der Waals surface area contributed by atoms with E-state index in [1.165, 1.54) is 0 Å². The summed E-state index contributed by atoms with van der Waals surface area (Å²) in [4.78, 5) is 16.3. The van der Waals surface area contributed by atoms with E-state index in [9.17, 15) is 4.79 Å². The van der Waals surface area contributed by atoms with Gasteiger partial charge in [-0.15, -0.1) is 0 Å². The van der Waals surface area contributed by atoms with Crippen molar-refractivity contribution < 1.29 is 4.79 Å². The van der Waals surface area contributed by atoms with Gasteiger partial charge in [0.05, 0.1) is 21.4 Å². The number of thiocarbonyl (C=S) groups is 1. The predicted octanol–water partition coefficient (Wildman–Crippen LogP) is 4.96. The van der Waals surface area contributed by atoms with Crippen LogP contribution in [0.25, 0.3) is 0 Å². The molecule has 94 valence electrons. The molecule has 0 aliphatic heterocycles. The summed E-state index contributed by atoms with van der Waals surface area (Å²) in [6.07, 6.45) is 0. The summed E-state index contributed by atoms with van der Waals surface area (Å²) in [6, 6.07) is 11.6. The standard InChI is InChI=1S/C14H7Cl2NOS/c15-9-5-6-13(17-8-19)11(7-9)14(18)10-3-1-2-4-12(10)16/h1-7H. The van der Waals surface area contributed by atoms with E-state index < -0.39 is 0 Å². The molecule has 2 rings (SSSR count). The van der Waals surface area contributed by atoms with Crippen molar-refractivity contribution in [2.75, 3.05) is 0 Å². The fraction of sp³-hybridized carbons (Fsp3) is 0. The molecule has 0 saturated carbocycles. The molecule has 0 spiro atoms. The van der Waals surface area contributed by atoms with Crippen LogP contribution in [-0.2, 0) is 0 Å². The molecule has 5 heteroatoms. The van der Waals surface area contributed by atoms with Crippen molar-refractivity contribution in [3.8, 4) is 0 Å². The number of isothiocyanates is 1. The smallest absolute Gasteiger partial charge is 0.196 e. The number of hydrogen-bond donors (Lipinski definition) is 0. The summed E-state index contributed by atoms with van der Waals surface area (Å²) in [5, 5.41) is 3.07. The van der Waals surface area contributed by atoms with Crippen LogP contribution in [0.4, 0.5) is 5.69 Å². The zero-order valence-electron chi connectivity index (χ0n) is 9.56. The molecule has 0 saturated heterocycles. The van der Waals surface area contributed by atoms with Crippen LogP contribution >= 0.6 is 35.4 Å². The van der Waals surface area contributed by atoms with Crippen LogP contribution in [0, 0.1) is 0 Å². The second-order valence-corrected chi connectivity index (χ2v) is 4.70. The Morgan fingerprint density at radius 2 is 1.84 bits per heavy atom. The molecule has 0 bridgehead atoms. The Labute approximate surface area is 125 Å². The lowest BCUT2D eigenvalue weighted by atomic mass is 10.0. The van der Waals surface area contributed by atoms with E-state index in [4.69, 9.17) is 23.2 Å². The van der Waals surface area contributed by atoms with Crippen LogP contribution in [-0.4, -0.2) is 10.9 Å². The van der Waals surface area contributed by atoms with Crippen molar-refractivity contribution in [1.29, 1.82) is 0 Å². The zero-order chi connectivity index (χ0) is 13.8. The monoisotopic (exact) mass is 307 g/mol. The van der Waals surface area contributed by atoms with Gasteiger partial charge in [-0.3, -0.25) is 4.79 Å². The van der Waals surface area contributed by atoms with Crippen molar-refractivity contribution in [3.63, 3.8) is 0 Å². The van der Waals surface area contributed by atoms with Gasteiger partial charge >= 0.3 is 0 Å². The lowest BCUT2D eigenvalue weighted by Gasteiger charge is -2.06. The minimum atomic E-state index is -0.253. The number of aliphatic imine (C=N–C) groups is 1. The third-order valence-corrected chi connectivity index (χ3v) is 3.14. The summed E-state index contributed by atoms with van der Waals surface area (Å²) in [5.41, 5.74) is 1.16. The van der Waals surface area contributed by atoms with Crippen LogP contribution in [0.15, 0.2) is 47.5 Å². The van der Waals surface area contributed by atoms with Gasteiger partial charge in [0.15, 0.2) is 5.78 Å². The molecule has 0 aliphatic rings. The lowest BCUT2D eigenvalue weighted by Crippen LogP contribution is -2.02. The topological polar surface area (TPSA) is 29.4 Å². The first-order valence-corrected chi connectivity index (χ1v) is 6.46. The number of carbonyl (C=O) groups is 1. The van der Waals surface area contributed by atoms with Crippen LogP contribution in [0.5, 0.6) is 0 Å². The van der Waals surface area contributed by atoms with Gasteiger partial charge in [0.2, 0.25) is 0 Å². The third-order valence-electron chi connectivity index (χ3n) is 2.49. The van der Waals surface area contributed by atoms with Crippen molar-refractivity contribution in [2.45, 2.75) is 0 Å². The highest BCUT2D eigenvalue weighted by Crippen LogP contribution is 2.27. The van der Waals surface area contributed by atoms with Gasteiger partial charge in [0.1, 0.15) is 0 Å². The Bertz CT molecular complexity index is 694. The minimum absolute atomic E-state index is 0.253. The molecule has 0 unspecified atom stereocenters. The Hall–Kier alpha value is -1.51. The summed E-state index contributed by atoms with van der Waals surface area (Å²) in [6.45, 7) is 0. The molecular formula is C14H7Cl2NOS. The number of halogens is 2. The minimum Gasteiger partial charge on any atom is -0.288 e. The third kappa shape index (κ3) is 3.09. The van der Waals surface area contributed by atoms with Gasteiger partial charge in [0.25, 0.3) is 0 Å². The van der Waals surface area contributed by atoms with Crippen LogP contribution in [0.3, 0.4) is 0 Å². The first kappa shape index (κ1) is 13.9. The average Bonchev–Trinajstić information content (AvgIpc) is 2.41. The van der Waals surface area contributed by atoms with Gasteiger partial charge in [-0.1, -0.05) is 35.3 Å². The molecule has 2 nitrogen and oxygen atoms in total. The Balaban J connectivity index is 2.58. The molecule has 0 aliphatic carbocycles. The number of rotatable bonds is 3. The molecule has 0 heterocycles. The number of ketones is 1. The quantitative estimate of drug-likeness (QED) is 0.456. The lowest BCUT2D eigenvalue weighted by molar-refractivity contribution is 0.103. The zero-order valence-corrected chi connectivity index (χ0v) is 11.9. The summed E-state index contributed by atoms with van der Waals surface area (Å²) < 4.78 is 0. The van der Waals surface area contributed by atoms with E-state index in [0.29, 0.717) is 26.9 Å². The Morgan fingerprint density at radius 3 is 2.53 bits per heavy atom. The van der Waals surface area contributed by atoms with Gasteiger partial charge in [0, 0.05) is 10.6 Å². The maximum atomic E-state index is 12.5. The van der Waals surface area contributed by atoms with E-state index >= 15 is 0 Å². The van der Waals surface area contributed by atoms with Crippen LogP contribution in [0.2, 0.25) is 10.0 Å². The normalized spacial score (nSPS) is 9.79. The van der Waals surface area contributed by atoms with Gasteiger partial charge in [-0.25, -0.2) is 0 Å². The van der Waals surface area contributed by atoms with E-state index in [1.54, 1.807) is 42.5 Å². The van der Waals surface area contributed by atoms with Crippen molar-refractivity contribution >= 4 is 52.1 Å². The molecule has 2 aromatic rings. The molecule has 0 atom stereocenters. The van der Waals surface area contributed by atoms with Gasteiger partial charge in [-0.05, 0) is 42.5 Å². The van der Waals surface area contributed by atoms with Gasteiger partial charge < -0.3 is 0 Å². The van der Waals surface area contributed by atoms with Crippen molar-refractivity contribution in [3.05, 3.63) is 63.6 Å².